The summed E-state index contributed by atoms with van der Waals surface area (Å²) >= 11 is 3.35. The standard InChI is InChI=1S/C13H10BrNO3/c1-8-5-12(15-7-11(8)14)18-10-4-2-3-9(6-10)13(16)17/h2-7H,1H3,(H,16,17). The van der Waals surface area contributed by atoms with Crippen LogP contribution in [-0.4, -0.2) is 16.1 Å². The van der Waals surface area contributed by atoms with Crippen LogP contribution < -0.4 is 4.74 Å². The Balaban J connectivity index is 2.25. The van der Waals surface area contributed by atoms with Crippen molar-refractivity contribution in [3.63, 3.8) is 0 Å². The fraction of sp³-hybridized carbons (Fsp3) is 0.0769. The summed E-state index contributed by atoms with van der Waals surface area (Å²) in [6, 6.07) is 8.06. The molecule has 0 aliphatic carbocycles. The number of pyridine rings is 1. The summed E-state index contributed by atoms with van der Waals surface area (Å²) in [6.45, 7) is 1.92. The number of halogens is 1. The van der Waals surface area contributed by atoms with Crippen LogP contribution in [0.15, 0.2) is 41.0 Å². The van der Waals surface area contributed by atoms with Crippen molar-refractivity contribution in [1.82, 2.24) is 4.98 Å². The maximum absolute atomic E-state index is 10.8. The minimum absolute atomic E-state index is 0.182. The lowest BCUT2D eigenvalue weighted by molar-refractivity contribution is 0.0696. The smallest absolute Gasteiger partial charge is 0.335 e. The number of benzene rings is 1. The van der Waals surface area contributed by atoms with Crippen molar-refractivity contribution < 1.29 is 14.6 Å². The molecule has 0 amide bonds. The van der Waals surface area contributed by atoms with E-state index in [4.69, 9.17) is 9.84 Å². The molecule has 0 spiro atoms. The maximum atomic E-state index is 10.8. The molecule has 4 nitrogen and oxygen atoms in total. The molecule has 1 heterocycles. The lowest BCUT2D eigenvalue weighted by Gasteiger charge is -2.06. The zero-order valence-electron chi connectivity index (χ0n) is 9.55. The molecule has 0 aliphatic rings. The van der Waals surface area contributed by atoms with Crippen LogP contribution in [0.25, 0.3) is 0 Å². The highest BCUT2D eigenvalue weighted by Crippen LogP contribution is 2.24. The van der Waals surface area contributed by atoms with Gasteiger partial charge < -0.3 is 9.84 Å². The number of carboxylic acids is 1. The van der Waals surface area contributed by atoms with Crippen molar-refractivity contribution in [2.75, 3.05) is 0 Å². The minimum Gasteiger partial charge on any atom is -0.478 e. The Labute approximate surface area is 112 Å². The Kier molecular flexibility index (Phi) is 3.62. The molecule has 2 rings (SSSR count). The third kappa shape index (κ3) is 2.87. The number of hydrogen-bond donors (Lipinski definition) is 1. The normalized spacial score (nSPS) is 10.1. The van der Waals surface area contributed by atoms with E-state index in [1.807, 2.05) is 6.92 Å². The van der Waals surface area contributed by atoms with Crippen LogP contribution in [0.4, 0.5) is 0 Å². The highest BCUT2D eigenvalue weighted by molar-refractivity contribution is 9.10. The third-order valence-electron chi connectivity index (χ3n) is 2.33. The van der Waals surface area contributed by atoms with Crippen LogP contribution in [0.2, 0.25) is 0 Å². The van der Waals surface area contributed by atoms with Gasteiger partial charge in [-0.05, 0) is 46.6 Å². The molecule has 92 valence electrons. The molecular formula is C13H10BrNO3. The molecule has 0 atom stereocenters. The topological polar surface area (TPSA) is 59.4 Å². The second-order valence-electron chi connectivity index (χ2n) is 3.71. The first kappa shape index (κ1) is 12.6. The molecular weight excluding hydrogens is 298 g/mol. The summed E-state index contributed by atoms with van der Waals surface area (Å²) in [5, 5.41) is 8.88. The lowest BCUT2D eigenvalue weighted by Crippen LogP contribution is -1.96. The van der Waals surface area contributed by atoms with Crippen molar-refractivity contribution in [3.8, 4) is 11.6 Å². The van der Waals surface area contributed by atoms with Gasteiger partial charge in [-0.15, -0.1) is 0 Å². The van der Waals surface area contributed by atoms with Gasteiger partial charge in [0.15, 0.2) is 0 Å². The van der Waals surface area contributed by atoms with Crippen molar-refractivity contribution in [2.45, 2.75) is 6.92 Å². The van der Waals surface area contributed by atoms with Crippen LogP contribution in [0, 0.1) is 6.92 Å². The molecule has 1 N–H and O–H groups in total. The highest BCUT2D eigenvalue weighted by Gasteiger charge is 2.06. The molecule has 1 aromatic heterocycles. The highest BCUT2D eigenvalue weighted by atomic mass is 79.9. The number of carbonyl (C=O) groups is 1. The summed E-state index contributed by atoms with van der Waals surface area (Å²) in [4.78, 5) is 14.9. The van der Waals surface area contributed by atoms with E-state index < -0.39 is 5.97 Å². The van der Waals surface area contributed by atoms with Gasteiger partial charge in [0.1, 0.15) is 5.75 Å². The first-order valence-electron chi connectivity index (χ1n) is 5.19. The molecule has 0 saturated heterocycles. The van der Waals surface area contributed by atoms with E-state index in [-0.39, 0.29) is 5.56 Å². The third-order valence-corrected chi connectivity index (χ3v) is 3.16. The molecule has 0 fully saturated rings. The molecule has 2 aromatic rings. The molecule has 0 radical (unpaired) electrons. The van der Waals surface area contributed by atoms with E-state index >= 15 is 0 Å². The van der Waals surface area contributed by atoms with Crippen LogP contribution in [-0.2, 0) is 0 Å². The van der Waals surface area contributed by atoms with Gasteiger partial charge in [0.2, 0.25) is 5.88 Å². The Hall–Kier alpha value is -1.88. The van der Waals surface area contributed by atoms with E-state index in [0.717, 1.165) is 10.0 Å². The fourth-order valence-electron chi connectivity index (χ4n) is 1.38. The summed E-state index contributed by atoms with van der Waals surface area (Å²) in [6.07, 6.45) is 1.64. The lowest BCUT2D eigenvalue weighted by atomic mass is 10.2. The molecule has 0 aliphatic heterocycles. The van der Waals surface area contributed by atoms with E-state index in [9.17, 15) is 4.79 Å². The minimum atomic E-state index is -0.986. The number of ether oxygens (including phenoxy) is 1. The first-order valence-corrected chi connectivity index (χ1v) is 5.99. The number of hydrogen-bond acceptors (Lipinski definition) is 3. The van der Waals surface area contributed by atoms with Crippen molar-refractivity contribution in [3.05, 3.63) is 52.1 Å². The van der Waals surface area contributed by atoms with Crippen LogP contribution in [0.5, 0.6) is 11.6 Å². The van der Waals surface area contributed by atoms with Crippen molar-refractivity contribution in [1.29, 1.82) is 0 Å². The van der Waals surface area contributed by atoms with Gasteiger partial charge in [-0.3, -0.25) is 0 Å². The average molecular weight is 308 g/mol. The summed E-state index contributed by atoms with van der Waals surface area (Å²) in [5.41, 5.74) is 1.18. The van der Waals surface area contributed by atoms with Crippen molar-refractivity contribution in [2.24, 2.45) is 0 Å². The van der Waals surface area contributed by atoms with E-state index in [2.05, 4.69) is 20.9 Å². The summed E-state index contributed by atoms with van der Waals surface area (Å²) in [7, 11) is 0. The molecule has 0 bridgehead atoms. The number of aryl methyl sites for hydroxylation is 1. The predicted octanol–water partition coefficient (Wildman–Crippen LogP) is 3.64. The predicted molar refractivity (Wildman–Crippen MR) is 70.1 cm³/mol. The zero-order valence-corrected chi connectivity index (χ0v) is 11.1. The quantitative estimate of drug-likeness (QED) is 0.940. The van der Waals surface area contributed by atoms with Crippen LogP contribution in [0.3, 0.4) is 0 Å². The second-order valence-corrected chi connectivity index (χ2v) is 4.56. The number of carboxylic acid groups (broad SMARTS) is 1. The molecule has 1 aromatic carbocycles. The first-order chi connectivity index (χ1) is 8.56. The largest absolute Gasteiger partial charge is 0.478 e. The maximum Gasteiger partial charge on any atom is 0.335 e. The Morgan fingerprint density at radius 2 is 2.17 bits per heavy atom. The van der Waals surface area contributed by atoms with Gasteiger partial charge in [-0.25, -0.2) is 9.78 Å². The van der Waals surface area contributed by atoms with Gasteiger partial charge in [-0.2, -0.15) is 0 Å². The number of nitrogens with zero attached hydrogens (tertiary/aromatic N) is 1. The summed E-state index contributed by atoms with van der Waals surface area (Å²) in [5.74, 6) is -0.109. The van der Waals surface area contributed by atoms with E-state index in [1.165, 1.54) is 12.1 Å². The second kappa shape index (κ2) is 5.18. The molecule has 5 heteroatoms. The Bertz CT molecular complexity index is 599. The Morgan fingerprint density at radius 3 is 2.83 bits per heavy atom. The number of rotatable bonds is 3. The zero-order chi connectivity index (χ0) is 13.1. The monoisotopic (exact) mass is 307 g/mol. The fourth-order valence-corrected chi connectivity index (χ4v) is 1.60. The van der Waals surface area contributed by atoms with E-state index in [1.54, 1.807) is 24.4 Å². The number of aromatic carboxylic acids is 1. The average Bonchev–Trinajstić information content (AvgIpc) is 2.34. The van der Waals surface area contributed by atoms with Gasteiger partial charge in [-0.1, -0.05) is 6.07 Å². The van der Waals surface area contributed by atoms with Crippen molar-refractivity contribution >= 4 is 21.9 Å². The van der Waals surface area contributed by atoms with Crippen LogP contribution >= 0.6 is 15.9 Å². The van der Waals surface area contributed by atoms with Crippen LogP contribution in [0.1, 0.15) is 15.9 Å². The van der Waals surface area contributed by atoms with Gasteiger partial charge >= 0.3 is 5.97 Å². The van der Waals surface area contributed by atoms with Gasteiger partial charge in [0, 0.05) is 16.7 Å². The summed E-state index contributed by atoms with van der Waals surface area (Å²) < 4.78 is 6.41. The number of aromatic nitrogens is 1. The van der Waals surface area contributed by atoms with Gasteiger partial charge in [0.25, 0.3) is 0 Å². The SMILES string of the molecule is Cc1cc(Oc2cccc(C(=O)O)c2)ncc1Br. The molecule has 18 heavy (non-hydrogen) atoms. The van der Waals surface area contributed by atoms with Gasteiger partial charge in [0.05, 0.1) is 5.56 Å². The Morgan fingerprint density at radius 1 is 1.39 bits per heavy atom. The molecule has 0 unspecified atom stereocenters. The molecule has 0 saturated carbocycles. The van der Waals surface area contributed by atoms with E-state index in [0.29, 0.717) is 11.6 Å².